The number of benzene rings is 2. The van der Waals surface area contributed by atoms with E-state index in [0.29, 0.717) is 18.0 Å². The van der Waals surface area contributed by atoms with Gasteiger partial charge in [0, 0.05) is 11.9 Å². The zero-order chi connectivity index (χ0) is 24.2. The van der Waals surface area contributed by atoms with Crippen molar-refractivity contribution in [2.45, 2.75) is 24.4 Å². The van der Waals surface area contributed by atoms with E-state index in [1.165, 1.54) is 35.2 Å². The minimum Gasteiger partial charge on any atom is -0.347 e. The maximum atomic E-state index is 13.1. The van der Waals surface area contributed by atoms with Crippen LogP contribution < -0.4 is 5.32 Å². The highest BCUT2D eigenvalue weighted by molar-refractivity contribution is 7.98. The van der Waals surface area contributed by atoms with Gasteiger partial charge < -0.3 is 5.32 Å². The summed E-state index contributed by atoms with van der Waals surface area (Å²) in [6, 6.07) is 18.3. The van der Waals surface area contributed by atoms with Crippen molar-refractivity contribution in [3.8, 4) is 16.4 Å². The lowest BCUT2D eigenvalue weighted by Crippen LogP contribution is -2.23. The number of carbonyl (C=O) groups excluding carboxylic acids is 1. The molecule has 0 aliphatic rings. The van der Waals surface area contributed by atoms with Gasteiger partial charge in [-0.3, -0.25) is 9.36 Å². The number of thiazole rings is 1. The van der Waals surface area contributed by atoms with E-state index in [1.807, 2.05) is 29.6 Å². The number of aryl methyl sites for hydroxylation is 1. The molecule has 0 saturated carbocycles. The van der Waals surface area contributed by atoms with Gasteiger partial charge >= 0.3 is 0 Å². The number of thioether (sulfide) groups is 1. The third kappa shape index (κ3) is 5.50. The van der Waals surface area contributed by atoms with Crippen LogP contribution in [0.4, 0.5) is 4.39 Å². The number of hydrogen-bond acceptors (Lipinski definition) is 7. The molecule has 0 bridgehead atoms. The highest BCUT2D eigenvalue weighted by Gasteiger charge is 2.18. The van der Waals surface area contributed by atoms with E-state index in [-0.39, 0.29) is 11.7 Å². The van der Waals surface area contributed by atoms with Crippen LogP contribution in [0, 0.1) is 12.7 Å². The van der Waals surface area contributed by atoms with Gasteiger partial charge in [0.2, 0.25) is 0 Å². The molecule has 176 valence electrons. The molecule has 0 aliphatic heterocycles. The Morgan fingerprint density at radius 2 is 1.94 bits per heavy atom. The first-order chi connectivity index (χ1) is 17.1. The van der Waals surface area contributed by atoms with Crippen molar-refractivity contribution in [3.63, 3.8) is 0 Å². The third-order valence-electron chi connectivity index (χ3n) is 5.11. The number of hydrogen-bond donors (Lipinski definition) is 1. The molecular formula is C25H20FN5OS3. The lowest BCUT2D eigenvalue weighted by atomic mass is 10.2. The molecule has 0 radical (unpaired) electrons. The van der Waals surface area contributed by atoms with E-state index in [4.69, 9.17) is 0 Å². The van der Waals surface area contributed by atoms with Gasteiger partial charge in [-0.1, -0.05) is 42.1 Å². The quantitative estimate of drug-likeness (QED) is 0.249. The average molecular weight is 522 g/mol. The summed E-state index contributed by atoms with van der Waals surface area (Å²) in [5.74, 6) is 0.796. The molecule has 10 heteroatoms. The smallest absolute Gasteiger partial charge is 0.271 e. The van der Waals surface area contributed by atoms with Gasteiger partial charge in [0.1, 0.15) is 16.5 Å². The molecule has 1 amide bonds. The first-order valence-electron chi connectivity index (χ1n) is 10.7. The van der Waals surface area contributed by atoms with Gasteiger partial charge in [0.25, 0.3) is 5.91 Å². The molecule has 2 aromatic carbocycles. The molecule has 0 saturated heterocycles. The highest BCUT2D eigenvalue weighted by Crippen LogP contribution is 2.32. The molecule has 1 N–H and O–H groups in total. The third-order valence-corrected chi connectivity index (χ3v) is 7.95. The maximum Gasteiger partial charge on any atom is 0.271 e. The Morgan fingerprint density at radius 1 is 1.09 bits per heavy atom. The molecule has 0 aliphatic carbocycles. The summed E-state index contributed by atoms with van der Waals surface area (Å²) in [4.78, 5) is 18.0. The summed E-state index contributed by atoms with van der Waals surface area (Å²) >= 11 is 4.58. The van der Waals surface area contributed by atoms with E-state index in [1.54, 1.807) is 28.8 Å². The summed E-state index contributed by atoms with van der Waals surface area (Å²) in [6.07, 6.45) is 0. The molecule has 3 heterocycles. The summed E-state index contributed by atoms with van der Waals surface area (Å²) in [5, 5.41) is 17.1. The fraction of sp³-hybridized carbons (Fsp3) is 0.120. The standard InChI is InChI=1S/C25H20FN5OS3/c1-16-4-2-5-19(12-16)31-23(21-6-3-11-33-21)29-30-25(31)35-15-22-28-20(14-34-22)24(32)27-13-17-7-9-18(26)10-8-17/h2-12,14H,13,15H2,1H3,(H,27,32). The minimum absolute atomic E-state index is 0.260. The first-order valence-corrected chi connectivity index (χ1v) is 13.5. The highest BCUT2D eigenvalue weighted by atomic mass is 32.2. The van der Waals surface area contributed by atoms with Crippen LogP contribution in [0.1, 0.15) is 26.6 Å². The van der Waals surface area contributed by atoms with Crippen LogP contribution in [0.5, 0.6) is 0 Å². The molecule has 0 unspecified atom stereocenters. The zero-order valence-electron chi connectivity index (χ0n) is 18.6. The number of rotatable bonds is 8. The van der Waals surface area contributed by atoms with Gasteiger partial charge in [-0.15, -0.1) is 32.9 Å². The Hall–Kier alpha value is -3.34. The molecule has 6 nitrogen and oxygen atoms in total. The fourth-order valence-corrected chi connectivity index (χ4v) is 5.85. The van der Waals surface area contributed by atoms with Gasteiger partial charge in [-0.05, 0) is 53.8 Å². The van der Waals surface area contributed by atoms with Crippen molar-refractivity contribution in [1.82, 2.24) is 25.1 Å². The lowest BCUT2D eigenvalue weighted by molar-refractivity contribution is 0.0946. The van der Waals surface area contributed by atoms with Crippen LogP contribution in [-0.4, -0.2) is 25.7 Å². The zero-order valence-corrected chi connectivity index (χ0v) is 21.1. The summed E-state index contributed by atoms with van der Waals surface area (Å²) < 4.78 is 15.1. The molecule has 0 fully saturated rings. The van der Waals surface area contributed by atoms with Gasteiger partial charge in [-0.2, -0.15) is 0 Å². The van der Waals surface area contributed by atoms with Crippen LogP contribution >= 0.6 is 34.4 Å². The number of halogens is 1. The molecule has 35 heavy (non-hydrogen) atoms. The second kappa shape index (κ2) is 10.5. The van der Waals surface area contributed by atoms with Crippen LogP contribution in [0.25, 0.3) is 16.4 Å². The molecule has 5 aromatic rings. The van der Waals surface area contributed by atoms with E-state index < -0.39 is 0 Å². The Balaban J connectivity index is 1.29. The van der Waals surface area contributed by atoms with Crippen molar-refractivity contribution in [3.05, 3.63) is 99.1 Å². The monoisotopic (exact) mass is 521 g/mol. The van der Waals surface area contributed by atoms with Crippen LogP contribution in [0.15, 0.2) is 76.6 Å². The topological polar surface area (TPSA) is 72.7 Å². The maximum absolute atomic E-state index is 13.1. The van der Waals surface area contributed by atoms with Crippen LogP contribution in [0.3, 0.4) is 0 Å². The second-order valence-corrected chi connectivity index (χ2v) is 10.5. The van der Waals surface area contributed by atoms with E-state index >= 15 is 0 Å². The lowest BCUT2D eigenvalue weighted by Gasteiger charge is -2.10. The average Bonchev–Trinajstić information content (AvgIpc) is 3.63. The Morgan fingerprint density at radius 3 is 2.71 bits per heavy atom. The van der Waals surface area contributed by atoms with Crippen molar-refractivity contribution in [1.29, 1.82) is 0 Å². The van der Waals surface area contributed by atoms with Gasteiger partial charge in [0.05, 0.1) is 16.3 Å². The second-order valence-electron chi connectivity index (χ2n) is 7.68. The number of thiophene rings is 1. The summed E-state index contributed by atoms with van der Waals surface area (Å²) in [7, 11) is 0. The number of nitrogens with zero attached hydrogens (tertiary/aromatic N) is 4. The Bertz CT molecular complexity index is 1440. The Kier molecular flexibility index (Phi) is 7.03. The molecule has 0 spiro atoms. The first kappa shape index (κ1) is 23.4. The predicted molar refractivity (Wildman–Crippen MR) is 139 cm³/mol. The fourth-order valence-electron chi connectivity index (χ4n) is 3.41. The van der Waals surface area contributed by atoms with Crippen molar-refractivity contribution in [2.24, 2.45) is 0 Å². The molecule has 0 atom stereocenters. The minimum atomic E-state index is -0.303. The molecule has 5 rings (SSSR count). The number of nitrogens with one attached hydrogen (secondary N) is 1. The van der Waals surface area contributed by atoms with Gasteiger partial charge in [-0.25, -0.2) is 9.37 Å². The van der Waals surface area contributed by atoms with Gasteiger partial charge in [0.15, 0.2) is 11.0 Å². The Labute approximate surface area is 213 Å². The SMILES string of the molecule is Cc1cccc(-n2c(SCc3nc(C(=O)NCc4ccc(F)cc4)cs3)nnc2-c2cccs2)c1. The number of aromatic nitrogens is 4. The van der Waals surface area contributed by atoms with Crippen molar-refractivity contribution in [2.75, 3.05) is 0 Å². The summed E-state index contributed by atoms with van der Waals surface area (Å²) in [6.45, 7) is 2.37. The van der Waals surface area contributed by atoms with Crippen molar-refractivity contribution >= 4 is 40.3 Å². The normalized spacial score (nSPS) is 11.0. The van der Waals surface area contributed by atoms with E-state index in [9.17, 15) is 9.18 Å². The predicted octanol–water partition coefficient (Wildman–Crippen LogP) is 6.12. The van der Waals surface area contributed by atoms with Crippen molar-refractivity contribution < 1.29 is 9.18 Å². The summed E-state index contributed by atoms with van der Waals surface area (Å²) in [5.41, 5.74) is 3.34. The number of amides is 1. The number of carbonyl (C=O) groups is 1. The van der Waals surface area contributed by atoms with E-state index in [2.05, 4.69) is 44.1 Å². The van der Waals surface area contributed by atoms with Crippen LogP contribution in [0.2, 0.25) is 0 Å². The molecular weight excluding hydrogens is 502 g/mol. The van der Waals surface area contributed by atoms with Crippen LogP contribution in [-0.2, 0) is 12.3 Å². The van der Waals surface area contributed by atoms with E-state index in [0.717, 1.165) is 37.7 Å². The largest absolute Gasteiger partial charge is 0.347 e. The molecule has 3 aromatic heterocycles.